The van der Waals surface area contributed by atoms with Gasteiger partial charge in [-0.15, -0.1) is 0 Å². The van der Waals surface area contributed by atoms with Gasteiger partial charge < -0.3 is 15.2 Å². The number of hydrogen-bond acceptors (Lipinski definition) is 3. The largest absolute Gasteiger partial charge is 0.484 e. The van der Waals surface area contributed by atoms with Crippen LogP contribution in [0.2, 0.25) is 0 Å². The van der Waals surface area contributed by atoms with E-state index in [0.29, 0.717) is 18.6 Å². The van der Waals surface area contributed by atoms with E-state index in [1.807, 2.05) is 6.07 Å². The minimum atomic E-state index is -1.07. The third kappa shape index (κ3) is 2.61. The van der Waals surface area contributed by atoms with Gasteiger partial charge in [0.2, 0.25) is 0 Å². The summed E-state index contributed by atoms with van der Waals surface area (Å²) < 4.78 is 5.26. The minimum absolute atomic E-state index is 0.168. The molecule has 0 spiro atoms. The van der Waals surface area contributed by atoms with Crippen LogP contribution < -0.4 is 10.1 Å². The maximum atomic E-state index is 11.6. The first-order valence-electron chi connectivity index (χ1n) is 5.85. The summed E-state index contributed by atoms with van der Waals surface area (Å²) in [5.74, 6) is -0.784. The van der Waals surface area contributed by atoms with E-state index in [9.17, 15) is 9.59 Å². The number of ether oxygens (including phenoxy) is 1. The second-order valence-corrected chi connectivity index (χ2v) is 4.39. The van der Waals surface area contributed by atoms with Crippen molar-refractivity contribution >= 4 is 11.9 Å². The van der Waals surface area contributed by atoms with E-state index in [2.05, 4.69) is 5.32 Å². The number of benzene rings is 1. The smallest absolute Gasteiger partial charge is 0.329 e. The summed E-state index contributed by atoms with van der Waals surface area (Å²) in [5.41, 5.74) is -1.07. The number of carbonyl (C=O) groups excluding carboxylic acids is 1. The molecule has 0 bridgehead atoms. The number of carboxylic acids is 1. The molecule has 1 aliphatic carbocycles. The highest BCUT2D eigenvalue weighted by molar-refractivity contribution is 5.88. The third-order valence-electron chi connectivity index (χ3n) is 3.11. The van der Waals surface area contributed by atoms with Crippen molar-refractivity contribution in [2.75, 3.05) is 6.61 Å². The summed E-state index contributed by atoms with van der Waals surface area (Å²) in [6.07, 6.45) is 1.80. The molecular formula is C13H15NO4. The van der Waals surface area contributed by atoms with Crippen LogP contribution in [0.5, 0.6) is 5.75 Å². The Kier molecular flexibility index (Phi) is 3.50. The van der Waals surface area contributed by atoms with Gasteiger partial charge in [0.1, 0.15) is 11.3 Å². The highest BCUT2D eigenvalue weighted by Gasteiger charge is 2.45. The molecule has 2 N–H and O–H groups in total. The predicted octanol–water partition coefficient (Wildman–Crippen LogP) is 1.19. The average Bonchev–Trinajstić information content (AvgIpc) is 2.32. The Morgan fingerprint density at radius 1 is 1.28 bits per heavy atom. The van der Waals surface area contributed by atoms with E-state index >= 15 is 0 Å². The lowest BCUT2D eigenvalue weighted by molar-refractivity contribution is -0.152. The fourth-order valence-electron chi connectivity index (χ4n) is 1.89. The van der Waals surface area contributed by atoms with Crippen LogP contribution >= 0.6 is 0 Å². The molecule has 1 aliphatic rings. The average molecular weight is 249 g/mol. The molecule has 0 aliphatic heterocycles. The molecule has 1 amide bonds. The first kappa shape index (κ1) is 12.4. The van der Waals surface area contributed by atoms with Gasteiger partial charge in [0, 0.05) is 0 Å². The van der Waals surface area contributed by atoms with Gasteiger partial charge in [0.25, 0.3) is 5.91 Å². The van der Waals surface area contributed by atoms with E-state index in [1.54, 1.807) is 24.3 Å². The molecule has 0 unspecified atom stereocenters. The quantitative estimate of drug-likeness (QED) is 0.821. The topological polar surface area (TPSA) is 75.6 Å². The summed E-state index contributed by atoms with van der Waals surface area (Å²) in [5, 5.41) is 11.6. The van der Waals surface area contributed by atoms with Crippen molar-refractivity contribution in [2.24, 2.45) is 0 Å². The maximum Gasteiger partial charge on any atom is 0.329 e. The van der Waals surface area contributed by atoms with Crippen molar-refractivity contribution in [2.45, 2.75) is 24.8 Å². The van der Waals surface area contributed by atoms with Crippen molar-refractivity contribution in [3.63, 3.8) is 0 Å². The molecule has 5 heteroatoms. The summed E-state index contributed by atoms with van der Waals surface area (Å²) in [7, 11) is 0. The molecular weight excluding hydrogens is 234 g/mol. The minimum Gasteiger partial charge on any atom is -0.484 e. The monoisotopic (exact) mass is 249 g/mol. The summed E-state index contributed by atoms with van der Waals surface area (Å²) in [6.45, 7) is -0.168. The Hall–Kier alpha value is -2.04. The number of rotatable bonds is 5. The van der Waals surface area contributed by atoms with Crippen molar-refractivity contribution in [1.82, 2.24) is 5.32 Å². The Bertz CT molecular complexity index is 440. The van der Waals surface area contributed by atoms with Crippen LogP contribution in [0, 0.1) is 0 Å². The van der Waals surface area contributed by atoms with E-state index in [0.717, 1.165) is 6.42 Å². The fourth-order valence-corrected chi connectivity index (χ4v) is 1.89. The number of amides is 1. The van der Waals surface area contributed by atoms with E-state index in [1.165, 1.54) is 0 Å². The van der Waals surface area contributed by atoms with Gasteiger partial charge in [-0.25, -0.2) is 4.79 Å². The molecule has 1 saturated carbocycles. The number of hydrogen-bond donors (Lipinski definition) is 2. The van der Waals surface area contributed by atoms with Crippen LogP contribution in [0.4, 0.5) is 0 Å². The molecule has 0 saturated heterocycles. The second-order valence-electron chi connectivity index (χ2n) is 4.39. The lowest BCUT2D eigenvalue weighted by atomic mass is 9.77. The highest BCUT2D eigenvalue weighted by atomic mass is 16.5. The molecule has 1 aromatic rings. The number of para-hydroxylation sites is 1. The molecule has 0 aromatic heterocycles. The first-order chi connectivity index (χ1) is 8.62. The van der Waals surface area contributed by atoms with Gasteiger partial charge in [0.15, 0.2) is 6.61 Å². The lowest BCUT2D eigenvalue weighted by Crippen LogP contribution is -2.59. The van der Waals surface area contributed by atoms with Gasteiger partial charge in [-0.05, 0) is 31.4 Å². The Balaban J connectivity index is 1.84. The van der Waals surface area contributed by atoms with Crippen LogP contribution in [-0.2, 0) is 9.59 Å². The van der Waals surface area contributed by atoms with Gasteiger partial charge in [-0.3, -0.25) is 4.79 Å². The zero-order chi connectivity index (χ0) is 13.0. The van der Waals surface area contributed by atoms with Crippen molar-refractivity contribution in [3.8, 4) is 5.75 Å². The van der Waals surface area contributed by atoms with Crippen molar-refractivity contribution < 1.29 is 19.4 Å². The molecule has 1 fully saturated rings. The Morgan fingerprint density at radius 2 is 1.94 bits per heavy atom. The summed E-state index contributed by atoms with van der Waals surface area (Å²) >= 11 is 0. The van der Waals surface area contributed by atoms with Crippen LogP contribution in [0.1, 0.15) is 19.3 Å². The molecule has 0 heterocycles. The van der Waals surface area contributed by atoms with Crippen LogP contribution in [-0.4, -0.2) is 29.1 Å². The van der Waals surface area contributed by atoms with Gasteiger partial charge in [0.05, 0.1) is 0 Å². The second kappa shape index (κ2) is 5.08. The number of nitrogens with one attached hydrogen (secondary N) is 1. The van der Waals surface area contributed by atoms with Crippen molar-refractivity contribution in [1.29, 1.82) is 0 Å². The summed E-state index contributed by atoms with van der Waals surface area (Å²) in [6, 6.07) is 8.93. The normalized spacial score (nSPS) is 16.4. The van der Waals surface area contributed by atoms with E-state index < -0.39 is 17.4 Å². The maximum absolute atomic E-state index is 11.6. The highest BCUT2D eigenvalue weighted by Crippen LogP contribution is 2.31. The fraction of sp³-hybridized carbons (Fsp3) is 0.385. The third-order valence-corrected chi connectivity index (χ3v) is 3.11. The van der Waals surface area contributed by atoms with E-state index in [4.69, 9.17) is 9.84 Å². The number of carboxylic acid groups (broad SMARTS) is 1. The molecule has 0 radical (unpaired) electrons. The lowest BCUT2D eigenvalue weighted by Gasteiger charge is -2.38. The molecule has 1 aromatic carbocycles. The summed E-state index contributed by atoms with van der Waals surface area (Å²) in [4.78, 5) is 22.7. The van der Waals surface area contributed by atoms with Crippen LogP contribution in [0.25, 0.3) is 0 Å². The molecule has 5 nitrogen and oxygen atoms in total. The van der Waals surface area contributed by atoms with Crippen molar-refractivity contribution in [3.05, 3.63) is 30.3 Å². The predicted molar refractivity (Wildman–Crippen MR) is 64.3 cm³/mol. The SMILES string of the molecule is O=C(COc1ccccc1)NC1(C(=O)O)CCC1. The zero-order valence-electron chi connectivity index (χ0n) is 9.89. The first-order valence-corrected chi connectivity index (χ1v) is 5.85. The van der Waals surface area contributed by atoms with E-state index in [-0.39, 0.29) is 6.61 Å². The molecule has 96 valence electrons. The number of aliphatic carboxylic acids is 1. The Labute approximate surface area is 105 Å². The van der Waals surface area contributed by atoms with Crippen LogP contribution in [0.3, 0.4) is 0 Å². The van der Waals surface area contributed by atoms with Gasteiger partial charge >= 0.3 is 5.97 Å². The standard InChI is InChI=1S/C13H15NO4/c15-11(9-18-10-5-2-1-3-6-10)14-13(12(16)17)7-4-8-13/h1-3,5-6H,4,7-9H2,(H,14,15)(H,16,17). The van der Waals surface area contributed by atoms with Crippen LogP contribution in [0.15, 0.2) is 30.3 Å². The zero-order valence-corrected chi connectivity index (χ0v) is 9.89. The Morgan fingerprint density at radius 3 is 2.44 bits per heavy atom. The molecule has 18 heavy (non-hydrogen) atoms. The van der Waals surface area contributed by atoms with Gasteiger partial charge in [-0.1, -0.05) is 18.2 Å². The van der Waals surface area contributed by atoms with Gasteiger partial charge in [-0.2, -0.15) is 0 Å². The molecule has 0 atom stereocenters. The number of carbonyl (C=O) groups is 2. The molecule has 2 rings (SSSR count).